The van der Waals surface area contributed by atoms with Gasteiger partial charge in [0.25, 0.3) is 11.6 Å². The van der Waals surface area contributed by atoms with Gasteiger partial charge in [0.1, 0.15) is 0 Å². The lowest BCUT2D eigenvalue weighted by molar-refractivity contribution is -0.384. The highest BCUT2D eigenvalue weighted by Crippen LogP contribution is 2.28. The van der Waals surface area contributed by atoms with E-state index in [0.29, 0.717) is 12.2 Å². The number of nitrogens with one attached hydrogen (secondary N) is 1. The predicted molar refractivity (Wildman–Crippen MR) is 103 cm³/mol. The second kappa shape index (κ2) is 8.64. The van der Waals surface area contributed by atoms with Crippen molar-refractivity contribution in [2.75, 3.05) is 25.0 Å². The minimum Gasteiger partial charge on any atom is -0.373 e. The molecule has 1 aliphatic rings. The number of nitro groups is 1. The molecule has 0 aromatic heterocycles. The first-order chi connectivity index (χ1) is 13.1. The van der Waals surface area contributed by atoms with Crippen LogP contribution >= 0.6 is 0 Å². The first-order valence-electron chi connectivity index (χ1n) is 8.99. The van der Waals surface area contributed by atoms with E-state index in [1.54, 1.807) is 6.07 Å². The van der Waals surface area contributed by atoms with Crippen LogP contribution in [-0.2, 0) is 11.3 Å². The number of non-ortho nitro benzene ring substituents is 1. The molecule has 0 radical (unpaired) electrons. The maximum absolute atomic E-state index is 12.2. The van der Waals surface area contributed by atoms with E-state index in [9.17, 15) is 14.9 Å². The Morgan fingerprint density at radius 2 is 1.93 bits per heavy atom. The zero-order valence-electron chi connectivity index (χ0n) is 15.3. The lowest BCUT2D eigenvalue weighted by Crippen LogP contribution is -2.38. The van der Waals surface area contributed by atoms with Crippen molar-refractivity contribution in [3.8, 4) is 0 Å². The molecule has 1 amide bonds. The van der Waals surface area contributed by atoms with Crippen molar-refractivity contribution in [3.63, 3.8) is 0 Å². The summed E-state index contributed by atoms with van der Waals surface area (Å²) < 4.78 is 6.01. The Hall–Kier alpha value is -2.93. The smallest absolute Gasteiger partial charge is 0.270 e. The molecule has 142 valence electrons. The Bertz CT molecular complexity index is 802. The largest absolute Gasteiger partial charge is 0.373 e. The fourth-order valence-electron chi connectivity index (χ4n) is 3.28. The number of anilines is 1. The van der Waals surface area contributed by atoms with E-state index in [4.69, 9.17) is 4.74 Å². The lowest BCUT2D eigenvalue weighted by atomic mass is 10.0. The van der Waals surface area contributed by atoms with Gasteiger partial charge in [-0.15, -0.1) is 0 Å². The van der Waals surface area contributed by atoms with Crippen LogP contribution in [-0.4, -0.2) is 37.1 Å². The van der Waals surface area contributed by atoms with E-state index in [-0.39, 0.29) is 17.7 Å². The summed E-state index contributed by atoms with van der Waals surface area (Å²) >= 11 is 0. The second-order valence-electron chi connectivity index (χ2n) is 6.52. The van der Waals surface area contributed by atoms with Gasteiger partial charge >= 0.3 is 0 Å². The monoisotopic (exact) mass is 369 g/mol. The summed E-state index contributed by atoms with van der Waals surface area (Å²) in [5, 5.41) is 13.6. The van der Waals surface area contributed by atoms with Crippen LogP contribution in [0, 0.1) is 10.1 Å². The van der Waals surface area contributed by atoms with Gasteiger partial charge in [-0.3, -0.25) is 14.9 Å². The third kappa shape index (κ3) is 4.62. The Balaban J connectivity index is 1.65. The summed E-state index contributed by atoms with van der Waals surface area (Å²) in [6, 6.07) is 14.5. The highest BCUT2D eigenvalue weighted by atomic mass is 16.6. The number of piperidine rings is 1. The van der Waals surface area contributed by atoms with Crippen molar-refractivity contribution in [1.82, 2.24) is 5.32 Å². The number of hydrogen-bond donors (Lipinski definition) is 1. The van der Waals surface area contributed by atoms with Crippen LogP contribution in [0.3, 0.4) is 0 Å². The molecule has 0 aliphatic carbocycles. The maximum atomic E-state index is 12.2. The molecule has 1 N–H and O–H groups in total. The standard InChI is InChI=1S/C20H23N3O4/c1-21-20(24)18-13-16(23(25)26)7-8-19(18)22-11-9-17(10-12-22)27-14-15-5-3-2-4-6-15/h2-8,13,17H,9-12,14H2,1H3,(H,21,24). The van der Waals surface area contributed by atoms with Crippen LogP contribution in [0.4, 0.5) is 11.4 Å². The van der Waals surface area contributed by atoms with Gasteiger partial charge in [0.05, 0.1) is 28.9 Å². The average Bonchev–Trinajstić information content (AvgIpc) is 2.72. The highest BCUT2D eigenvalue weighted by Gasteiger charge is 2.24. The fourth-order valence-corrected chi connectivity index (χ4v) is 3.28. The molecule has 7 heteroatoms. The lowest BCUT2D eigenvalue weighted by Gasteiger charge is -2.34. The number of nitro benzene ring substituents is 1. The van der Waals surface area contributed by atoms with Crippen molar-refractivity contribution < 1.29 is 14.5 Å². The number of rotatable bonds is 6. The Kier molecular flexibility index (Phi) is 6.03. The Labute approximate surface area is 158 Å². The third-order valence-electron chi connectivity index (χ3n) is 4.77. The molecular formula is C20H23N3O4. The van der Waals surface area contributed by atoms with E-state index in [0.717, 1.165) is 37.2 Å². The average molecular weight is 369 g/mol. The predicted octanol–water partition coefficient (Wildman–Crippen LogP) is 3.14. The number of amides is 1. The first kappa shape index (κ1) is 18.8. The van der Waals surface area contributed by atoms with E-state index in [1.165, 1.54) is 19.2 Å². The number of hydrogen-bond acceptors (Lipinski definition) is 5. The summed E-state index contributed by atoms with van der Waals surface area (Å²) in [5.74, 6) is -0.323. The number of ether oxygens (including phenoxy) is 1. The molecule has 27 heavy (non-hydrogen) atoms. The van der Waals surface area contributed by atoms with E-state index in [1.807, 2.05) is 30.3 Å². The summed E-state index contributed by atoms with van der Waals surface area (Å²) in [6.45, 7) is 2.06. The molecule has 2 aromatic carbocycles. The van der Waals surface area contributed by atoms with Gasteiger partial charge in [-0.05, 0) is 24.5 Å². The second-order valence-corrected chi connectivity index (χ2v) is 6.52. The molecule has 1 saturated heterocycles. The van der Waals surface area contributed by atoms with Gasteiger partial charge in [0, 0.05) is 32.3 Å². The molecule has 0 unspecified atom stereocenters. The number of carbonyl (C=O) groups is 1. The molecule has 3 rings (SSSR count). The molecule has 0 saturated carbocycles. The number of carbonyl (C=O) groups excluding carboxylic acids is 1. The molecule has 0 atom stereocenters. The molecular weight excluding hydrogens is 346 g/mol. The van der Waals surface area contributed by atoms with Gasteiger partial charge in [0.2, 0.25) is 0 Å². The normalized spacial score (nSPS) is 14.8. The van der Waals surface area contributed by atoms with Gasteiger partial charge in [0.15, 0.2) is 0 Å². The van der Waals surface area contributed by atoms with Crippen molar-refractivity contribution in [1.29, 1.82) is 0 Å². The molecule has 0 bridgehead atoms. The SMILES string of the molecule is CNC(=O)c1cc([N+](=O)[O-])ccc1N1CCC(OCc2ccccc2)CC1. The van der Waals surface area contributed by atoms with Crippen LogP contribution in [0.1, 0.15) is 28.8 Å². The molecule has 7 nitrogen and oxygen atoms in total. The summed E-state index contributed by atoms with van der Waals surface area (Å²) in [4.78, 5) is 24.8. The number of nitrogens with zero attached hydrogens (tertiary/aromatic N) is 2. The van der Waals surface area contributed by atoms with Crippen LogP contribution in [0.25, 0.3) is 0 Å². The van der Waals surface area contributed by atoms with E-state index < -0.39 is 4.92 Å². The molecule has 2 aromatic rings. The molecule has 1 aliphatic heterocycles. The molecule has 1 heterocycles. The quantitative estimate of drug-likeness (QED) is 0.625. The van der Waals surface area contributed by atoms with Crippen molar-refractivity contribution in [3.05, 3.63) is 69.8 Å². The highest BCUT2D eigenvalue weighted by molar-refractivity contribution is 6.00. The minimum atomic E-state index is -0.486. The van der Waals surface area contributed by atoms with Crippen LogP contribution in [0.15, 0.2) is 48.5 Å². The summed E-state index contributed by atoms with van der Waals surface area (Å²) in [7, 11) is 1.52. The van der Waals surface area contributed by atoms with E-state index in [2.05, 4.69) is 10.2 Å². The van der Waals surface area contributed by atoms with Crippen molar-refractivity contribution in [2.24, 2.45) is 0 Å². The van der Waals surface area contributed by atoms with Crippen LogP contribution in [0.5, 0.6) is 0 Å². The minimum absolute atomic E-state index is 0.0848. The van der Waals surface area contributed by atoms with Crippen molar-refractivity contribution in [2.45, 2.75) is 25.6 Å². The van der Waals surface area contributed by atoms with Gasteiger partial charge < -0.3 is 15.0 Å². The summed E-state index contributed by atoms with van der Waals surface area (Å²) in [5.41, 5.74) is 2.12. The van der Waals surface area contributed by atoms with Gasteiger partial charge in [-0.1, -0.05) is 30.3 Å². The maximum Gasteiger partial charge on any atom is 0.270 e. The first-order valence-corrected chi connectivity index (χ1v) is 8.99. The third-order valence-corrected chi connectivity index (χ3v) is 4.77. The molecule has 1 fully saturated rings. The zero-order chi connectivity index (χ0) is 19.2. The fraction of sp³-hybridized carbons (Fsp3) is 0.350. The zero-order valence-corrected chi connectivity index (χ0v) is 15.3. The van der Waals surface area contributed by atoms with Crippen LogP contribution < -0.4 is 10.2 Å². The number of benzene rings is 2. The Morgan fingerprint density at radius 1 is 1.22 bits per heavy atom. The van der Waals surface area contributed by atoms with Crippen molar-refractivity contribution >= 4 is 17.3 Å². The van der Waals surface area contributed by atoms with Gasteiger partial charge in [-0.25, -0.2) is 0 Å². The summed E-state index contributed by atoms with van der Waals surface area (Å²) in [6.07, 6.45) is 1.86. The topological polar surface area (TPSA) is 84.7 Å². The van der Waals surface area contributed by atoms with Gasteiger partial charge in [-0.2, -0.15) is 0 Å². The van der Waals surface area contributed by atoms with E-state index >= 15 is 0 Å². The Morgan fingerprint density at radius 3 is 2.56 bits per heavy atom. The molecule has 0 spiro atoms. The van der Waals surface area contributed by atoms with Crippen LogP contribution in [0.2, 0.25) is 0 Å².